The van der Waals surface area contributed by atoms with E-state index in [1.54, 1.807) is 36.4 Å². The minimum atomic E-state index is -1.82. The van der Waals surface area contributed by atoms with Crippen LogP contribution in [0, 0.1) is 0 Å². The predicted molar refractivity (Wildman–Crippen MR) is 122 cm³/mol. The minimum absolute atomic E-state index is 0.00333. The Hall–Kier alpha value is -3.82. The molecule has 0 aromatic heterocycles. The number of hydrogen-bond donors (Lipinski definition) is 4. The number of benzene rings is 3. The van der Waals surface area contributed by atoms with Gasteiger partial charge in [-0.1, -0.05) is 78.9 Å². The van der Waals surface area contributed by atoms with Crippen molar-refractivity contribution in [2.75, 3.05) is 0 Å². The van der Waals surface area contributed by atoms with Crippen molar-refractivity contribution < 1.29 is 34.2 Å². The van der Waals surface area contributed by atoms with Gasteiger partial charge in [-0.05, 0) is 16.7 Å². The summed E-state index contributed by atoms with van der Waals surface area (Å²) < 4.78 is 11.0. The van der Waals surface area contributed by atoms with Crippen LogP contribution in [0.4, 0.5) is 4.79 Å². The van der Waals surface area contributed by atoms with Crippen molar-refractivity contribution >= 4 is 24.6 Å². The van der Waals surface area contributed by atoms with Crippen LogP contribution in [0.1, 0.15) is 16.7 Å². The molecule has 33 heavy (non-hydrogen) atoms. The third kappa shape index (κ3) is 7.10. The molecule has 0 aliphatic carbocycles. The Kier molecular flexibility index (Phi) is 8.46. The van der Waals surface area contributed by atoms with Crippen molar-refractivity contribution in [3.63, 3.8) is 0 Å². The number of amides is 1. The van der Waals surface area contributed by atoms with Gasteiger partial charge < -0.3 is 29.9 Å². The summed E-state index contributed by atoms with van der Waals surface area (Å²) in [6.07, 6.45) is -1.03. The van der Waals surface area contributed by atoms with Crippen LogP contribution in [-0.4, -0.2) is 40.4 Å². The van der Waals surface area contributed by atoms with E-state index in [0.717, 1.165) is 11.1 Å². The van der Waals surface area contributed by atoms with Crippen molar-refractivity contribution in [2.24, 2.45) is 0 Å². The Balaban J connectivity index is 1.73. The summed E-state index contributed by atoms with van der Waals surface area (Å²) in [5.74, 6) is -1.11. The molecule has 3 aromatic carbocycles. The molecule has 0 unspecified atom stereocenters. The molecular formula is C24H24BNO7. The van der Waals surface area contributed by atoms with E-state index in [1.165, 1.54) is 6.07 Å². The van der Waals surface area contributed by atoms with Crippen LogP contribution in [0.5, 0.6) is 5.75 Å². The van der Waals surface area contributed by atoms with Crippen LogP contribution < -0.4 is 15.5 Å². The number of carbonyl (C=O) groups is 2. The van der Waals surface area contributed by atoms with E-state index < -0.39 is 25.2 Å². The van der Waals surface area contributed by atoms with Gasteiger partial charge in [-0.3, -0.25) is 0 Å². The second kappa shape index (κ2) is 11.7. The van der Waals surface area contributed by atoms with E-state index in [2.05, 4.69) is 5.32 Å². The molecule has 3 aromatic rings. The van der Waals surface area contributed by atoms with Crippen LogP contribution in [0.25, 0.3) is 0 Å². The number of carboxylic acid groups (broad SMARTS) is 1. The van der Waals surface area contributed by atoms with Gasteiger partial charge in [0, 0.05) is 11.9 Å². The van der Waals surface area contributed by atoms with Crippen molar-refractivity contribution in [1.82, 2.24) is 5.32 Å². The first kappa shape index (κ1) is 23.8. The first-order valence-corrected chi connectivity index (χ1v) is 10.3. The van der Waals surface area contributed by atoms with Gasteiger partial charge in [-0.2, -0.15) is 0 Å². The van der Waals surface area contributed by atoms with Crippen LogP contribution in [0.3, 0.4) is 0 Å². The summed E-state index contributed by atoms with van der Waals surface area (Å²) in [4.78, 5) is 24.0. The van der Waals surface area contributed by atoms with Crippen molar-refractivity contribution in [1.29, 1.82) is 0 Å². The Morgan fingerprint density at radius 1 is 0.848 bits per heavy atom. The second-order valence-corrected chi connectivity index (χ2v) is 7.28. The van der Waals surface area contributed by atoms with Gasteiger partial charge in [0.25, 0.3) is 0 Å². The molecule has 0 saturated heterocycles. The number of para-hydroxylation sites is 1. The van der Waals surface area contributed by atoms with Gasteiger partial charge in [0.1, 0.15) is 25.0 Å². The fourth-order valence-electron chi connectivity index (χ4n) is 3.20. The van der Waals surface area contributed by atoms with Crippen molar-refractivity contribution in [2.45, 2.75) is 25.7 Å². The van der Waals surface area contributed by atoms with Gasteiger partial charge in [-0.15, -0.1) is 0 Å². The number of ether oxygens (including phenoxy) is 2. The standard InChI is InChI=1S/C24H24BNO7/c27-23(28)21(26-24(29)33-16-18-10-5-2-6-11-18)14-19-12-7-13-20(25(30)31)22(19)32-15-17-8-3-1-4-9-17/h1-13,21,30-31H,14-16H2,(H,26,29)(H,27,28)/t21-/m0/s1. The number of carboxylic acids is 1. The first-order valence-electron chi connectivity index (χ1n) is 10.3. The van der Waals surface area contributed by atoms with Crippen molar-refractivity contribution in [3.8, 4) is 5.75 Å². The van der Waals surface area contributed by atoms with Crippen molar-refractivity contribution in [3.05, 3.63) is 95.6 Å². The largest absolute Gasteiger partial charge is 0.492 e. The molecule has 0 aliphatic rings. The molecule has 0 spiro atoms. The Morgan fingerprint density at radius 2 is 1.45 bits per heavy atom. The average Bonchev–Trinajstić information content (AvgIpc) is 2.82. The average molecular weight is 449 g/mol. The lowest BCUT2D eigenvalue weighted by Crippen LogP contribution is -2.43. The smallest absolute Gasteiger partial charge is 0.489 e. The lowest BCUT2D eigenvalue weighted by Gasteiger charge is -2.19. The van der Waals surface area contributed by atoms with Crippen LogP contribution in [0.15, 0.2) is 78.9 Å². The molecule has 0 saturated carbocycles. The molecule has 1 atom stereocenters. The minimum Gasteiger partial charge on any atom is -0.489 e. The number of carbonyl (C=O) groups excluding carboxylic acids is 1. The molecule has 3 rings (SSSR count). The maximum absolute atomic E-state index is 12.2. The Morgan fingerprint density at radius 3 is 2.03 bits per heavy atom. The molecule has 4 N–H and O–H groups in total. The molecule has 0 aliphatic heterocycles. The SMILES string of the molecule is O=C(N[C@@H](Cc1cccc(B(O)O)c1OCc1ccccc1)C(=O)O)OCc1ccccc1. The predicted octanol–water partition coefficient (Wildman–Crippen LogP) is 1.87. The number of nitrogens with one attached hydrogen (secondary N) is 1. The van der Waals surface area contributed by atoms with E-state index in [4.69, 9.17) is 9.47 Å². The third-order valence-electron chi connectivity index (χ3n) is 4.86. The molecule has 170 valence electrons. The van der Waals surface area contributed by atoms with E-state index >= 15 is 0 Å². The Labute approximate surface area is 191 Å². The summed E-state index contributed by atoms with van der Waals surface area (Å²) in [6, 6.07) is 21.6. The molecule has 8 nitrogen and oxygen atoms in total. The zero-order valence-corrected chi connectivity index (χ0v) is 17.8. The highest BCUT2D eigenvalue weighted by molar-refractivity contribution is 6.59. The Bertz CT molecular complexity index is 1060. The van der Waals surface area contributed by atoms with Gasteiger partial charge in [0.05, 0.1) is 0 Å². The zero-order chi connectivity index (χ0) is 23.6. The summed E-state index contributed by atoms with van der Waals surface area (Å²) >= 11 is 0. The molecule has 0 bridgehead atoms. The van der Waals surface area contributed by atoms with E-state index in [1.807, 2.05) is 36.4 Å². The van der Waals surface area contributed by atoms with Gasteiger partial charge in [0.2, 0.25) is 0 Å². The normalized spacial score (nSPS) is 11.3. The summed E-state index contributed by atoms with van der Waals surface area (Å²) in [6.45, 7) is 0.137. The van der Waals surface area contributed by atoms with Gasteiger partial charge in [-0.25, -0.2) is 9.59 Å². The fraction of sp³-hybridized carbons (Fsp3) is 0.167. The fourth-order valence-corrected chi connectivity index (χ4v) is 3.20. The van der Waals surface area contributed by atoms with Crippen LogP contribution in [-0.2, 0) is 29.2 Å². The number of alkyl carbamates (subject to hydrolysis) is 1. The quantitative estimate of drug-likeness (QED) is 0.348. The number of hydrogen-bond acceptors (Lipinski definition) is 6. The maximum atomic E-state index is 12.2. The number of aliphatic carboxylic acids is 1. The van der Waals surface area contributed by atoms with E-state index in [0.29, 0.717) is 5.56 Å². The van der Waals surface area contributed by atoms with E-state index in [-0.39, 0.29) is 30.8 Å². The molecule has 9 heteroatoms. The molecular weight excluding hydrogens is 425 g/mol. The molecule has 0 heterocycles. The first-order chi connectivity index (χ1) is 15.9. The summed E-state index contributed by atoms with van der Waals surface area (Å²) in [5.41, 5.74) is 2.11. The molecule has 1 amide bonds. The third-order valence-corrected chi connectivity index (χ3v) is 4.86. The van der Waals surface area contributed by atoms with Gasteiger partial charge in [0.15, 0.2) is 0 Å². The lowest BCUT2D eigenvalue weighted by atomic mass is 9.78. The topological polar surface area (TPSA) is 125 Å². The maximum Gasteiger partial charge on any atom is 0.492 e. The molecule has 0 fully saturated rings. The highest BCUT2D eigenvalue weighted by Gasteiger charge is 2.26. The monoisotopic (exact) mass is 449 g/mol. The highest BCUT2D eigenvalue weighted by Crippen LogP contribution is 2.20. The van der Waals surface area contributed by atoms with Gasteiger partial charge >= 0.3 is 19.2 Å². The second-order valence-electron chi connectivity index (χ2n) is 7.28. The van der Waals surface area contributed by atoms with E-state index in [9.17, 15) is 24.7 Å². The summed E-state index contributed by atoms with van der Waals surface area (Å²) in [5, 5.41) is 31.5. The summed E-state index contributed by atoms with van der Waals surface area (Å²) in [7, 11) is -1.82. The van der Waals surface area contributed by atoms with Crippen LogP contribution >= 0.6 is 0 Å². The zero-order valence-electron chi connectivity index (χ0n) is 17.8. The lowest BCUT2D eigenvalue weighted by molar-refractivity contribution is -0.139. The highest BCUT2D eigenvalue weighted by atomic mass is 16.5. The molecule has 0 radical (unpaired) electrons. The number of rotatable bonds is 10. The van der Waals surface area contributed by atoms with Crippen LogP contribution in [0.2, 0.25) is 0 Å².